The third-order valence-electron chi connectivity index (χ3n) is 1.49. The van der Waals surface area contributed by atoms with Crippen molar-refractivity contribution >= 4 is 40.6 Å². The minimum absolute atomic E-state index is 0.00364. The van der Waals surface area contributed by atoms with Crippen molar-refractivity contribution in [1.82, 2.24) is 0 Å². The fourth-order valence-electron chi connectivity index (χ4n) is 0.917. The third-order valence-corrected chi connectivity index (χ3v) is 2.76. The number of rotatable bonds is 1. The van der Waals surface area contributed by atoms with Crippen LogP contribution in [0.2, 0.25) is 15.1 Å². The molecule has 0 atom stereocenters. The van der Waals surface area contributed by atoms with Crippen LogP contribution in [-0.2, 0) is 0 Å². The highest BCUT2D eigenvalue weighted by atomic mass is 35.5. The normalized spacial score (nSPS) is 10.2. The van der Waals surface area contributed by atoms with E-state index in [1.807, 2.05) is 0 Å². The predicted octanol–water partition coefficient (Wildman–Crippen LogP) is 3.56. The van der Waals surface area contributed by atoms with Gasteiger partial charge in [-0.2, -0.15) is 0 Å². The Morgan fingerprint density at radius 1 is 1.31 bits per heavy atom. The molecule has 1 rings (SSSR count). The monoisotopic (exact) mass is 238 g/mol. The minimum atomic E-state index is -0.360. The van der Waals surface area contributed by atoms with Crippen LogP contribution in [0.15, 0.2) is 6.07 Å². The first-order chi connectivity index (χ1) is 5.95. The summed E-state index contributed by atoms with van der Waals surface area (Å²) >= 11 is 17.0. The van der Waals surface area contributed by atoms with Gasteiger partial charge in [0.05, 0.1) is 20.6 Å². The molecular formula is C8H5Cl3O2. The van der Waals surface area contributed by atoms with Crippen molar-refractivity contribution in [2.75, 3.05) is 0 Å². The highest BCUT2D eigenvalue weighted by Gasteiger charge is 2.17. The fourth-order valence-corrected chi connectivity index (χ4v) is 1.64. The molecule has 0 heterocycles. The van der Waals surface area contributed by atoms with E-state index in [4.69, 9.17) is 34.8 Å². The van der Waals surface area contributed by atoms with Crippen LogP contribution < -0.4 is 0 Å². The molecule has 0 bridgehead atoms. The second-order valence-corrected chi connectivity index (χ2v) is 3.60. The van der Waals surface area contributed by atoms with E-state index >= 15 is 0 Å². The fraction of sp³-hybridized carbons (Fsp3) is 0.125. The SMILES string of the molecule is CC(=O)c1c(O)cc(Cl)c(Cl)c1Cl. The maximum absolute atomic E-state index is 11.0. The Morgan fingerprint density at radius 3 is 2.31 bits per heavy atom. The van der Waals surface area contributed by atoms with Crippen LogP contribution in [0.1, 0.15) is 17.3 Å². The van der Waals surface area contributed by atoms with Gasteiger partial charge in [-0.05, 0) is 6.92 Å². The van der Waals surface area contributed by atoms with Gasteiger partial charge in [-0.3, -0.25) is 4.79 Å². The van der Waals surface area contributed by atoms with Crippen molar-refractivity contribution in [3.63, 3.8) is 0 Å². The van der Waals surface area contributed by atoms with Crippen LogP contribution in [0.5, 0.6) is 5.75 Å². The van der Waals surface area contributed by atoms with E-state index in [0.29, 0.717) is 0 Å². The molecule has 1 aromatic rings. The largest absolute Gasteiger partial charge is 0.507 e. The molecule has 2 nitrogen and oxygen atoms in total. The Hall–Kier alpha value is -0.440. The number of carbonyl (C=O) groups excluding carboxylic acids is 1. The highest BCUT2D eigenvalue weighted by Crippen LogP contribution is 2.38. The van der Waals surface area contributed by atoms with E-state index in [9.17, 15) is 9.90 Å². The van der Waals surface area contributed by atoms with Crippen LogP contribution in [0.4, 0.5) is 0 Å². The highest BCUT2D eigenvalue weighted by molar-refractivity contribution is 6.49. The summed E-state index contributed by atoms with van der Waals surface area (Å²) in [7, 11) is 0. The van der Waals surface area contributed by atoms with E-state index in [0.717, 1.165) is 0 Å². The van der Waals surface area contributed by atoms with E-state index in [2.05, 4.69) is 0 Å². The molecule has 0 amide bonds. The summed E-state index contributed by atoms with van der Waals surface area (Å²) in [6.45, 7) is 1.28. The van der Waals surface area contributed by atoms with Gasteiger partial charge in [0.2, 0.25) is 0 Å². The van der Waals surface area contributed by atoms with E-state index in [1.165, 1.54) is 13.0 Å². The molecule has 0 radical (unpaired) electrons. The van der Waals surface area contributed by atoms with Crippen LogP contribution in [-0.4, -0.2) is 10.9 Å². The summed E-state index contributed by atoms with van der Waals surface area (Å²) in [5.41, 5.74) is -0.00364. The molecule has 13 heavy (non-hydrogen) atoms. The number of phenolic OH excluding ortho intramolecular Hbond substituents is 1. The molecule has 0 aromatic heterocycles. The van der Waals surface area contributed by atoms with Crippen molar-refractivity contribution in [3.8, 4) is 5.75 Å². The number of hydrogen-bond acceptors (Lipinski definition) is 2. The third kappa shape index (κ3) is 1.90. The molecule has 5 heteroatoms. The number of Topliss-reactive ketones (excluding diaryl/α,β-unsaturated/α-hetero) is 1. The number of carbonyl (C=O) groups is 1. The van der Waals surface area contributed by atoms with Crippen molar-refractivity contribution in [3.05, 3.63) is 26.7 Å². The number of aromatic hydroxyl groups is 1. The molecule has 0 aliphatic heterocycles. The van der Waals surface area contributed by atoms with Gasteiger partial charge in [0.15, 0.2) is 5.78 Å². The van der Waals surface area contributed by atoms with Crippen LogP contribution in [0.3, 0.4) is 0 Å². The van der Waals surface area contributed by atoms with Crippen molar-refractivity contribution < 1.29 is 9.90 Å². The van der Waals surface area contributed by atoms with E-state index in [1.54, 1.807) is 0 Å². The molecule has 0 saturated carbocycles. The van der Waals surface area contributed by atoms with Crippen LogP contribution >= 0.6 is 34.8 Å². The molecular weight excluding hydrogens is 234 g/mol. The first-order valence-corrected chi connectivity index (χ1v) is 4.46. The summed E-state index contributed by atoms with van der Waals surface area (Å²) in [6.07, 6.45) is 0. The first-order valence-electron chi connectivity index (χ1n) is 3.32. The summed E-state index contributed by atoms with van der Waals surface area (Å²) < 4.78 is 0. The molecule has 0 spiro atoms. The lowest BCUT2D eigenvalue weighted by Crippen LogP contribution is -1.95. The predicted molar refractivity (Wildman–Crippen MR) is 53.1 cm³/mol. The lowest BCUT2D eigenvalue weighted by Gasteiger charge is -2.06. The van der Waals surface area contributed by atoms with Crippen molar-refractivity contribution in [2.24, 2.45) is 0 Å². The Kier molecular flexibility index (Phi) is 3.06. The maximum Gasteiger partial charge on any atom is 0.165 e. The average Bonchev–Trinajstić information content (AvgIpc) is 1.99. The summed E-state index contributed by atoms with van der Waals surface area (Å²) in [6, 6.07) is 1.19. The van der Waals surface area contributed by atoms with E-state index < -0.39 is 0 Å². The molecule has 1 aromatic carbocycles. The molecule has 0 aliphatic carbocycles. The lowest BCUT2D eigenvalue weighted by molar-refractivity contribution is 0.101. The van der Waals surface area contributed by atoms with Gasteiger partial charge in [-0.25, -0.2) is 0 Å². The Morgan fingerprint density at radius 2 is 1.85 bits per heavy atom. The van der Waals surface area contributed by atoms with Gasteiger partial charge < -0.3 is 5.11 Å². The van der Waals surface area contributed by atoms with Crippen molar-refractivity contribution in [1.29, 1.82) is 0 Å². The van der Waals surface area contributed by atoms with Gasteiger partial charge in [0.1, 0.15) is 5.75 Å². The summed E-state index contributed by atoms with van der Waals surface area (Å²) in [5, 5.41) is 9.50. The molecule has 0 saturated heterocycles. The molecule has 70 valence electrons. The van der Waals surface area contributed by atoms with Crippen molar-refractivity contribution in [2.45, 2.75) is 6.92 Å². The smallest absolute Gasteiger partial charge is 0.165 e. The quantitative estimate of drug-likeness (QED) is 0.601. The number of benzene rings is 1. The van der Waals surface area contributed by atoms with Crippen LogP contribution in [0, 0.1) is 0 Å². The average molecular weight is 239 g/mol. The Bertz CT molecular complexity index is 374. The lowest BCUT2D eigenvalue weighted by atomic mass is 10.1. The zero-order valence-electron chi connectivity index (χ0n) is 6.57. The van der Waals surface area contributed by atoms with Gasteiger partial charge in [-0.15, -0.1) is 0 Å². The van der Waals surface area contributed by atoms with Gasteiger partial charge in [0.25, 0.3) is 0 Å². The summed E-state index contributed by atoms with van der Waals surface area (Å²) in [5.74, 6) is -0.618. The number of halogens is 3. The zero-order chi connectivity index (χ0) is 10.2. The number of phenols is 1. The minimum Gasteiger partial charge on any atom is -0.507 e. The topological polar surface area (TPSA) is 37.3 Å². The summed E-state index contributed by atoms with van der Waals surface area (Å²) in [4.78, 5) is 11.0. The molecule has 0 unspecified atom stereocenters. The second-order valence-electron chi connectivity index (χ2n) is 2.44. The van der Waals surface area contributed by atoms with E-state index in [-0.39, 0.29) is 32.2 Å². The van der Waals surface area contributed by atoms with Gasteiger partial charge >= 0.3 is 0 Å². The Balaban J connectivity index is 3.53. The van der Waals surface area contributed by atoms with Crippen LogP contribution in [0.25, 0.3) is 0 Å². The molecule has 0 fully saturated rings. The first kappa shape index (κ1) is 10.6. The zero-order valence-corrected chi connectivity index (χ0v) is 8.83. The standard InChI is InChI=1S/C8H5Cl3O2/c1-3(12)6-5(13)2-4(9)7(10)8(6)11/h2,13H,1H3. The molecule has 0 aliphatic rings. The maximum atomic E-state index is 11.0. The number of hydrogen-bond donors (Lipinski definition) is 1. The Labute approximate surface area is 90.0 Å². The van der Waals surface area contributed by atoms with Gasteiger partial charge in [0, 0.05) is 6.07 Å². The number of ketones is 1. The molecule has 1 N–H and O–H groups in total. The second kappa shape index (κ2) is 3.74. The van der Waals surface area contributed by atoms with Gasteiger partial charge in [-0.1, -0.05) is 34.8 Å².